The van der Waals surface area contributed by atoms with Gasteiger partial charge in [0, 0.05) is 22.3 Å². The van der Waals surface area contributed by atoms with Gasteiger partial charge in [0.05, 0.1) is 22.5 Å². The Bertz CT molecular complexity index is 2610. The average Bonchev–Trinajstić information content (AvgIpc) is 3.53. The molecular formula is C44H29N3O. The molecule has 0 amide bonds. The van der Waals surface area contributed by atoms with E-state index in [9.17, 15) is 0 Å². The van der Waals surface area contributed by atoms with E-state index < -0.39 is 0 Å². The summed E-state index contributed by atoms with van der Waals surface area (Å²) in [5, 5.41) is 21.3. The van der Waals surface area contributed by atoms with E-state index >= 15 is 0 Å². The lowest BCUT2D eigenvalue weighted by atomic mass is 9.89. The normalized spacial score (nSPS) is 12.6. The Morgan fingerprint density at radius 3 is 2.02 bits per heavy atom. The predicted octanol–water partition coefficient (Wildman–Crippen LogP) is 12.0. The first kappa shape index (κ1) is 27.8. The van der Waals surface area contributed by atoms with Crippen molar-refractivity contribution in [2.24, 2.45) is 0 Å². The number of hydrogen-bond donors (Lipinski definition) is 2. The van der Waals surface area contributed by atoms with E-state index in [0.717, 1.165) is 72.0 Å². The lowest BCUT2D eigenvalue weighted by Gasteiger charge is -2.27. The first-order valence-corrected chi connectivity index (χ1v) is 16.0. The summed E-state index contributed by atoms with van der Waals surface area (Å²) in [6, 6.07) is 52.8. The zero-order valence-corrected chi connectivity index (χ0v) is 25.9. The highest BCUT2D eigenvalue weighted by molar-refractivity contribution is 6.53. The summed E-state index contributed by atoms with van der Waals surface area (Å²) in [6.45, 7) is 0. The van der Waals surface area contributed by atoms with Crippen LogP contribution in [0.4, 0.5) is 17.1 Å². The molecule has 4 heteroatoms. The molecule has 0 fully saturated rings. The molecule has 7 aromatic carbocycles. The Morgan fingerprint density at radius 1 is 0.479 bits per heavy atom. The molecule has 1 aliphatic rings. The Balaban J connectivity index is 1.28. The van der Waals surface area contributed by atoms with Gasteiger partial charge < -0.3 is 9.32 Å². The van der Waals surface area contributed by atoms with Gasteiger partial charge in [-0.05, 0) is 93.2 Å². The van der Waals surface area contributed by atoms with E-state index in [1.54, 1.807) is 6.08 Å². The third-order valence-corrected chi connectivity index (χ3v) is 9.27. The molecule has 0 spiro atoms. The molecule has 1 aromatic heterocycles. The molecule has 4 nitrogen and oxygen atoms in total. The number of anilines is 3. The van der Waals surface area contributed by atoms with E-state index in [1.165, 1.54) is 11.1 Å². The second-order valence-electron chi connectivity index (χ2n) is 12.1. The maximum Gasteiger partial charge on any atom is 0.137 e. The van der Waals surface area contributed by atoms with Crippen molar-refractivity contribution >= 4 is 67.3 Å². The van der Waals surface area contributed by atoms with Gasteiger partial charge in [0.15, 0.2) is 0 Å². The zero-order chi connectivity index (χ0) is 32.2. The summed E-state index contributed by atoms with van der Waals surface area (Å²) >= 11 is 0. The van der Waals surface area contributed by atoms with Gasteiger partial charge in [-0.1, -0.05) is 109 Å². The lowest BCUT2D eigenvalue weighted by molar-refractivity contribution is 0.669. The van der Waals surface area contributed by atoms with Crippen LogP contribution in [-0.4, -0.2) is 11.4 Å². The molecule has 0 saturated heterocycles. The van der Waals surface area contributed by atoms with Crippen molar-refractivity contribution in [3.05, 3.63) is 169 Å². The molecular weight excluding hydrogens is 587 g/mol. The van der Waals surface area contributed by atoms with Crippen LogP contribution in [0.1, 0.15) is 11.1 Å². The molecule has 1 aliphatic carbocycles. The molecule has 0 radical (unpaired) electrons. The standard InChI is InChI=1S/C44H29N3O/c45-38-24-22-30-20-19-29-21-23-35(27-37(29)42(30)44(38)46)47(39-16-8-18-41-43(39)36-15-4-5-17-40(36)48-41)34-14-7-13-33(26-34)32-12-6-11-31(25-32)28-9-2-1-3-10-28/h1-27,45-46H. The van der Waals surface area contributed by atoms with Crippen molar-refractivity contribution in [2.75, 3.05) is 4.90 Å². The number of rotatable bonds is 5. The number of allylic oxidation sites excluding steroid dienone is 1. The van der Waals surface area contributed by atoms with E-state index in [-0.39, 0.29) is 11.4 Å². The fourth-order valence-electron chi connectivity index (χ4n) is 6.98. The smallest absolute Gasteiger partial charge is 0.137 e. The van der Waals surface area contributed by atoms with E-state index in [1.807, 2.05) is 42.5 Å². The van der Waals surface area contributed by atoms with Gasteiger partial charge in [-0.25, -0.2) is 0 Å². The van der Waals surface area contributed by atoms with Gasteiger partial charge in [0.2, 0.25) is 0 Å². The Morgan fingerprint density at radius 2 is 1.15 bits per heavy atom. The number of hydrogen-bond acceptors (Lipinski definition) is 4. The summed E-state index contributed by atoms with van der Waals surface area (Å²) in [5.41, 5.74) is 11.4. The number of fused-ring (bicyclic) bond motifs is 6. The van der Waals surface area contributed by atoms with Crippen LogP contribution < -0.4 is 4.90 Å². The number of furan rings is 1. The summed E-state index contributed by atoms with van der Waals surface area (Å²) in [7, 11) is 0. The summed E-state index contributed by atoms with van der Waals surface area (Å²) < 4.78 is 6.35. The van der Waals surface area contributed by atoms with Gasteiger partial charge in [-0.15, -0.1) is 0 Å². The van der Waals surface area contributed by atoms with Gasteiger partial charge in [-0.2, -0.15) is 0 Å². The lowest BCUT2D eigenvalue weighted by Crippen LogP contribution is -2.16. The van der Waals surface area contributed by atoms with Crippen LogP contribution in [0.25, 0.3) is 61.0 Å². The highest BCUT2D eigenvalue weighted by Crippen LogP contribution is 2.44. The molecule has 0 aliphatic heterocycles. The minimum absolute atomic E-state index is 0.220. The van der Waals surface area contributed by atoms with E-state index in [4.69, 9.17) is 15.2 Å². The third-order valence-electron chi connectivity index (χ3n) is 9.27. The van der Waals surface area contributed by atoms with Crippen LogP contribution in [0.5, 0.6) is 0 Å². The van der Waals surface area contributed by atoms with Crippen molar-refractivity contribution in [3.8, 4) is 22.3 Å². The largest absolute Gasteiger partial charge is 0.456 e. The van der Waals surface area contributed by atoms with Crippen molar-refractivity contribution in [3.63, 3.8) is 0 Å². The molecule has 226 valence electrons. The average molecular weight is 616 g/mol. The topological polar surface area (TPSA) is 64.1 Å². The van der Waals surface area contributed by atoms with Crippen LogP contribution >= 0.6 is 0 Å². The monoisotopic (exact) mass is 615 g/mol. The van der Waals surface area contributed by atoms with Gasteiger partial charge >= 0.3 is 0 Å². The van der Waals surface area contributed by atoms with Crippen molar-refractivity contribution in [1.82, 2.24) is 0 Å². The van der Waals surface area contributed by atoms with Gasteiger partial charge in [-0.3, -0.25) is 10.8 Å². The Kier molecular flexibility index (Phi) is 6.41. The Hall–Kier alpha value is -6.52. The molecule has 0 saturated carbocycles. The quantitative estimate of drug-likeness (QED) is 0.202. The second-order valence-corrected chi connectivity index (χ2v) is 12.1. The molecule has 9 rings (SSSR count). The molecule has 8 aromatic rings. The van der Waals surface area contributed by atoms with Crippen LogP contribution in [0.2, 0.25) is 0 Å². The molecule has 0 unspecified atom stereocenters. The maximum atomic E-state index is 8.84. The first-order valence-electron chi connectivity index (χ1n) is 16.0. The second kappa shape index (κ2) is 11.1. The summed E-state index contributed by atoms with van der Waals surface area (Å²) in [5.74, 6) is 0. The maximum absolute atomic E-state index is 8.84. The SMILES string of the molecule is N=C1C=Cc2ccc3ccc(N(c4cccc(-c5cccc(-c6ccccc6)c5)c4)c4cccc5oc6ccccc6c45)cc3c2C1=N. The fraction of sp³-hybridized carbons (Fsp3) is 0. The molecule has 2 N–H and O–H groups in total. The molecule has 1 heterocycles. The molecule has 0 atom stereocenters. The van der Waals surface area contributed by atoms with Crippen LogP contribution in [0.3, 0.4) is 0 Å². The zero-order valence-electron chi connectivity index (χ0n) is 25.9. The number of nitrogens with zero attached hydrogens (tertiary/aromatic N) is 1. The first-order chi connectivity index (χ1) is 23.6. The highest BCUT2D eigenvalue weighted by Gasteiger charge is 2.22. The van der Waals surface area contributed by atoms with Crippen molar-refractivity contribution in [2.45, 2.75) is 0 Å². The number of para-hydroxylation sites is 1. The van der Waals surface area contributed by atoms with E-state index in [2.05, 4.69) is 120 Å². The predicted molar refractivity (Wildman–Crippen MR) is 200 cm³/mol. The van der Waals surface area contributed by atoms with Crippen molar-refractivity contribution in [1.29, 1.82) is 10.8 Å². The minimum Gasteiger partial charge on any atom is -0.456 e. The third kappa shape index (κ3) is 4.54. The van der Waals surface area contributed by atoms with Crippen LogP contribution in [-0.2, 0) is 0 Å². The Labute approximate surface area is 277 Å². The number of nitrogens with one attached hydrogen (secondary N) is 2. The fourth-order valence-corrected chi connectivity index (χ4v) is 6.98. The number of benzene rings is 7. The van der Waals surface area contributed by atoms with Gasteiger partial charge in [0.25, 0.3) is 0 Å². The highest BCUT2D eigenvalue weighted by atomic mass is 16.3. The van der Waals surface area contributed by atoms with Gasteiger partial charge in [0.1, 0.15) is 11.2 Å². The molecule has 48 heavy (non-hydrogen) atoms. The minimum atomic E-state index is 0.220. The van der Waals surface area contributed by atoms with E-state index in [0.29, 0.717) is 0 Å². The summed E-state index contributed by atoms with van der Waals surface area (Å²) in [4.78, 5) is 2.29. The summed E-state index contributed by atoms with van der Waals surface area (Å²) in [6.07, 6.45) is 3.64. The molecule has 0 bridgehead atoms. The van der Waals surface area contributed by atoms with Crippen LogP contribution in [0, 0.1) is 10.8 Å². The van der Waals surface area contributed by atoms with Crippen molar-refractivity contribution < 1.29 is 4.42 Å². The van der Waals surface area contributed by atoms with Crippen LogP contribution in [0.15, 0.2) is 162 Å².